The molecule has 0 saturated carbocycles. The molecular weight excluding hydrogens is 243 g/mol. The monoisotopic (exact) mass is 252 g/mol. The minimum absolute atomic E-state index is 0. The number of hydrogen-bond donors (Lipinski definition) is 2. The van der Waals surface area contributed by atoms with E-state index < -0.39 is 0 Å². The van der Waals surface area contributed by atoms with Crippen molar-refractivity contribution in [2.24, 2.45) is 5.84 Å². The molecule has 0 aliphatic heterocycles. The smallest absolute Gasteiger partial charge is 0.144 e. The second-order valence-electron chi connectivity index (χ2n) is 1.96. The average molecular weight is 254 g/mol. The Morgan fingerprint density at radius 2 is 2.17 bits per heavy atom. The van der Waals surface area contributed by atoms with Crippen molar-refractivity contribution in [3.8, 4) is 5.75 Å². The molecule has 0 radical (unpaired) electrons. The van der Waals surface area contributed by atoms with Gasteiger partial charge in [0.05, 0.1) is 12.1 Å². The molecule has 3 nitrogen and oxygen atoms in total. The Kier molecular flexibility index (Phi) is 5.04. The predicted octanol–water partition coefficient (Wildman–Crippen LogP) is 2.21. The number of nitrogens with one attached hydrogen (secondary N) is 1. The van der Waals surface area contributed by atoms with Crippen molar-refractivity contribution in [2.45, 2.75) is 0 Å². The third kappa shape index (κ3) is 2.27. The van der Waals surface area contributed by atoms with Crippen molar-refractivity contribution < 1.29 is 4.74 Å². The van der Waals surface area contributed by atoms with E-state index in [2.05, 4.69) is 5.43 Å². The van der Waals surface area contributed by atoms with Crippen LogP contribution in [0.15, 0.2) is 18.2 Å². The number of anilines is 1. The lowest BCUT2D eigenvalue weighted by molar-refractivity contribution is 0.416. The summed E-state index contributed by atoms with van der Waals surface area (Å²) in [5.74, 6) is 5.85. The Balaban J connectivity index is 0.00000121. The summed E-state index contributed by atoms with van der Waals surface area (Å²) in [6.45, 7) is 0. The highest BCUT2D eigenvalue weighted by Crippen LogP contribution is 2.30. The van der Waals surface area contributed by atoms with E-state index in [4.69, 9.17) is 22.2 Å². The molecule has 0 bridgehead atoms. The molecule has 12 heavy (non-hydrogen) atoms. The molecule has 5 heteroatoms. The van der Waals surface area contributed by atoms with Crippen LogP contribution in [-0.4, -0.2) is 7.11 Å². The number of hydrazine groups is 1. The first-order valence-electron chi connectivity index (χ1n) is 3.08. The topological polar surface area (TPSA) is 47.3 Å². The number of methoxy groups -OCH3 is 1. The van der Waals surface area contributed by atoms with E-state index in [1.165, 1.54) is 0 Å². The summed E-state index contributed by atoms with van der Waals surface area (Å²) in [7, 11) is 1.56. The van der Waals surface area contributed by atoms with Crippen LogP contribution in [0.5, 0.6) is 5.75 Å². The zero-order chi connectivity index (χ0) is 8.27. The Hall–Kier alpha value is -0.450. The van der Waals surface area contributed by atoms with Crippen molar-refractivity contribution in [1.29, 1.82) is 0 Å². The number of rotatable bonds is 2. The second kappa shape index (κ2) is 5.24. The molecule has 1 aromatic carbocycles. The minimum atomic E-state index is 0. The number of hydrogen-bond acceptors (Lipinski definition) is 3. The van der Waals surface area contributed by atoms with Crippen LogP contribution in [0, 0.1) is 0 Å². The molecule has 1 rings (SSSR count). The fourth-order valence-corrected chi connectivity index (χ4v) is 1.03. The molecule has 0 amide bonds. The van der Waals surface area contributed by atoms with Crippen LogP contribution in [0.25, 0.3) is 0 Å². The summed E-state index contributed by atoms with van der Waals surface area (Å²) < 4.78 is 4.99. The van der Waals surface area contributed by atoms with Crippen molar-refractivity contribution in [3.63, 3.8) is 0 Å². The maximum absolute atomic E-state index is 5.79. The maximum Gasteiger partial charge on any atom is 0.144 e. The van der Waals surface area contributed by atoms with Gasteiger partial charge in [0.2, 0.25) is 0 Å². The van der Waals surface area contributed by atoms with Crippen LogP contribution in [0.3, 0.4) is 0 Å². The second-order valence-corrected chi connectivity index (χ2v) is 2.37. The van der Waals surface area contributed by atoms with Crippen LogP contribution in [0.4, 0.5) is 5.69 Å². The molecule has 0 unspecified atom stereocenters. The largest absolute Gasteiger partial charge is 0.494 e. The van der Waals surface area contributed by atoms with Gasteiger partial charge in [-0.1, -0.05) is 17.7 Å². The first-order chi connectivity index (χ1) is 5.29. The van der Waals surface area contributed by atoms with Crippen molar-refractivity contribution in [1.82, 2.24) is 0 Å². The quantitative estimate of drug-likeness (QED) is 0.627. The van der Waals surface area contributed by atoms with Crippen LogP contribution >= 0.6 is 28.6 Å². The number of para-hydroxylation sites is 1. The van der Waals surface area contributed by atoms with E-state index in [0.29, 0.717) is 16.5 Å². The van der Waals surface area contributed by atoms with E-state index in [1.54, 1.807) is 25.3 Å². The molecule has 68 valence electrons. The van der Waals surface area contributed by atoms with E-state index in [9.17, 15) is 0 Å². The summed E-state index contributed by atoms with van der Waals surface area (Å²) in [6.07, 6.45) is 0. The molecule has 3 N–H and O–H groups in total. The van der Waals surface area contributed by atoms with E-state index in [1.807, 2.05) is 0 Å². The highest BCUT2D eigenvalue weighted by Gasteiger charge is 2.03. The fourth-order valence-electron chi connectivity index (χ4n) is 0.815. The zero-order valence-corrected chi connectivity index (χ0v) is 8.97. The molecule has 0 aromatic heterocycles. The third-order valence-electron chi connectivity index (χ3n) is 1.34. The molecular formula is C7H10BrClN2O. The molecule has 0 saturated heterocycles. The van der Waals surface area contributed by atoms with Crippen molar-refractivity contribution in [3.05, 3.63) is 23.2 Å². The predicted molar refractivity (Wildman–Crippen MR) is 56.1 cm³/mol. The van der Waals surface area contributed by atoms with Crippen molar-refractivity contribution in [2.75, 3.05) is 12.5 Å². The molecule has 0 aliphatic rings. The van der Waals surface area contributed by atoms with Gasteiger partial charge in [0, 0.05) is 0 Å². The van der Waals surface area contributed by atoms with Gasteiger partial charge in [0.1, 0.15) is 11.4 Å². The summed E-state index contributed by atoms with van der Waals surface area (Å²) >= 11 is 5.79. The SMILES string of the molecule is Br.COc1cccc(Cl)c1NN. The van der Waals surface area contributed by atoms with Crippen LogP contribution in [-0.2, 0) is 0 Å². The lowest BCUT2D eigenvalue weighted by atomic mass is 10.3. The Morgan fingerprint density at radius 3 is 2.58 bits per heavy atom. The Morgan fingerprint density at radius 1 is 1.50 bits per heavy atom. The van der Waals surface area contributed by atoms with Gasteiger partial charge in [-0.05, 0) is 12.1 Å². The molecule has 0 aliphatic carbocycles. The maximum atomic E-state index is 5.79. The van der Waals surface area contributed by atoms with Gasteiger partial charge >= 0.3 is 0 Å². The number of ether oxygens (including phenoxy) is 1. The number of benzene rings is 1. The Labute approximate surface area is 86.6 Å². The summed E-state index contributed by atoms with van der Waals surface area (Å²) in [4.78, 5) is 0. The van der Waals surface area contributed by atoms with E-state index >= 15 is 0 Å². The zero-order valence-electron chi connectivity index (χ0n) is 6.50. The van der Waals surface area contributed by atoms with Gasteiger partial charge in [-0.25, -0.2) is 0 Å². The van der Waals surface area contributed by atoms with Gasteiger partial charge in [0.25, 0.3) is 0 Å². The van der Waals surface area contributed by atoms with Gasteiger partial charge < -0.3 is 10.2 Å². The first kappa shape index (κ1) is 11.6. The molecule has 1 aromatic rings. The fraction of sp³-hybridized carbons (Fsp3) is 0.143. The van der Waals surface area contributed by atoms with Crippen LogP contribution in [0.2, 0.25) is 5.02 Å². The highest BCUT2D eigenvalue weighted by atomic mass is 79.9. The Bertz CT molecular complexity index is 257. The summed E-state index contributed by atoms with van der Waals surface area (Å²) in [5, 5.41) is 0.548. The number of nitrogens with two attached hydrogens (primary N) is 1. The number of halogens is 2. The van der Waals surface area contributed by atoms with Crippen LogP contribution < -0.4 is 16.0 Å². The molecule has 0 fully saturated rings. The first-order valence-corrected chi connectivity index (χ1v) is 3.46. The number of nitrogen functional groups attached to an aromatic ring is 1. The van der Waals surface area contributed by atoms with Gasteiger partial charge in [-0.15, -0.1) is 17.0 Å². The van der Waals surface area contributed by atoms with Gasteiger partial charge in [0.15, 0.2) is 0 Å². The third-order valence-corrected chi connectivity index (χ3v) is 1.65. The van der Waals surface area contributed by atoms with Crippen LogP contribution in [0.1, 0.15) is 0 Å². The highest BCUT2D eigenvalue weighted by molar-refractivity contribution is 8.93. The summed E-state index contributed by atoms with van der Waals surface area (Å²) in [5.41, 5.74) is 3.07. The average Bonchev–Trinajstić information content (AvgIpc) is 2.04. The van der Waals surface area contributed by atoms with Gasteiger partial charge in [-0.3, -0.25) is 5.84 Å². The standard InChI is InChI=1S/C7H9ClN2O.BrH/c1-11-6-4-2-3-5(8)7(6)10-9;/h2-4,10H,9H2,1H3;1H. The minimum Gasteiger partial charge on any atom is -0.494 e. The van der Waals surface area contributed by atoms with Gasteiger partial charge in [-0.2, -0.15) is 0 Å². The van der Waals surface area contributed by atoms with E-state index in [-0.39, 0.29) is 17.0 Å². The molecule has 0 heterocycles. The lowest BCUT2D eigenvalue weighted by Gasteiger charge is -2.07. The van der Waals surface area contributed by atoms with E-state index in [0.717, 1.165) is 0 Å². The summed E-state index contributed by atoms with van der Waals surface area (Å²) in [6, 6.07) is 5.31. The lowest BCUT2D eigenvalue weighted by Crippen LogP contribution is -2.08. The molecule has 0 spiro atoms. The van der Waals surface area contributed by atoms with Crippen molar-refractivity contribution >= 4 is 34.3 Å². The normalized spacial score (nSPS) is 8.58. The molecule has 0 atom stereocenters.